The maximum atomic E-state index is 12.5. The number of fused-ring (bicyclic) bond motifs is 1. The molecule has 0 spiro atoms. The summed E-state index contributed by atoms with van der Waals surface area (Å²) >= 11 is 1.04. The van der Waals surface area contributed by atoms with Crippen LogP contribution in [-0.4, -0.2) is 73.7 Å². The van der Waals surface area contributed by atoms with Crippen LogP contribution in [0.15, 0.2) is 34.9 Å². The number of anilines is 1. The van der Waals surface area contributed by atoms with Crippen LogP contribution >= 0.6 is 11.8 Å². The Morgan fingerprint density at radius 3 is 2.44 bits per heavy atom. The molecule has 34 heavy (non-hydrogen) atoms. The summed E-state index contributed by atoms with van der Waals surface area (Å²) < 4.78 is 0. The zero-order chi connectivity index (χ0) is 25.3. The quantitative estimate of drug-likeness (QED) is 0.228. The van der Waals surface area contributed by atoms with Gasteiger partial charge in [0.1, 0.15) is 5.70 Å². The number of aliphatic hydroxyl groups excluding tert-OH is 1. The van der Waals surface area contributed by atoms with Gasteiger partial charge >= 0.3 is 11.9 Å². The second kappa shape index (κ2) is 9.95. The fourth-order valence-corrected chi connectivity index (χ4v) is 5.60. The average Bonchev–Trinajstić information content (AvgIpc) is 3.01. The van der Waals surface area contributed by atoms with Crippen LogP contribution in [0.4, 0.5) is 5.69 Å². The van der Waals surface area contributed by atoms with Gasteiger partial charge in [-0.1, -0.05) is 13.0 Å². The fourth-order valence-electron chi connectivity index (χ4n) is 4.26. The van der Waals surface area contributed by atoms with E-state index in [4.69, 9.17) is 10.8 Å². The Hall–Kier alpha value is -3.22. The lowest BCUT2D eigenvalue weighted by Gasteiger charge is -2.46. The molecular weight excluding hydrogens is 466 g/mol. The summed E-state index contributed by atoms with van der Waals surface area (Å²) in [7, 11) is 0. The Bertz CT molecular complexity index is 1090. The van der Waals surface area contributed by atoms with Crippen LogP contribution in [0.5, 0.6) is 0 Å². The molecular formula is C22H25N3O8S. The van der Waals surface area contributed by atoms with Crippen molar-refractivity contribution in [3.63, 3.8) is 0 Å². The van der Waals surface area contributed by atoms with Crippen molar-refractivity contribution in [1.29, 1.82) is 0 Å². The van der Waals surface area contributed by atoms with Crippen molar-refractivity contribution in [2.45, 2.75) is 37.7 Å². The molecule has 0 aromatic heterocycles. The van der Waals surface area contributed by atoms with Gasteiger partial charge in [0, 0.05) is 34.7 Å². The van der Waals surface area contributed by atoms with Crippen LogP contribution < -0.4 is 11.1 Å². The number of thioether (sulfide) groups is 1. The van der Waals surface area contributed by atoms with E-state index in [1.807, 2.05) is 0 Å². The van der Waals surface area contributed by atoms with E-state index in [1.165, 1.54) is 36.1 Å². The first-order valence-corrected chi connectivity index (χ1v) is 11.4. The highest BCUT2D eigenvalue weighted by molar-refractivity contribution is 8.03. The van der Waals surface area contributed by atoms with Crippen LogP contribution in [0.3, 0.4) is 0 Å². The number of hydrogen-bond donors (Lipinski definition) is 5. The third kappa shape index (κ3) is 4.69. The number of aliphatic carboxylic acids is 1. The number of amides is 2. The van der Waals surface area contributed by atoms with E-state index in [2.05, 4.69) is 5.32 Å². The number of nitrogens with one attached hydrogen (secondary N) is 1. The first kappa shape index (κ1) is 25.4. The highest BCUT2D eigenvalue weighted by Crippen LogP contribution is 2.51. The smallest absolute Gasteiger partial charge is 0.353 e. The van der Waals surface area contributed by atoms with Crippen molar-refractivity contribution in [3.8, 4) is 0 Å². The third-order valence-corrected chi connectivity index (χ3v) is 7.41. The molecule has 0 unspecified atom stereocenters. The summed E-state index contributed by atoms with van der Waals surface area (Å²) in [5.74, 6) is -5.83. The van der Waals surface area contributed by atoms with Gasteiger partial charge in [0.05, 0.1) is 23.6 Å². The summed E-state index contributed by atoms with van der Waals surface area (Å²) in [6.45, 7) is 3.18. The number of benzene rings is 1. The highest BCUT2D eigenvalue weighted by atomic mass is 32.2. The molecule has 1 aromatic carbocycles. The van der Waals surface area contributed by atoms with Crippen molar-refractivity contribution in [1.82, 2.24) is 4.90 Å². The number of nitrogens with two attached hydrogens (primary N) is 1. The Balaban J connectivity index is 1.72. The zero-order valence-electron chi connectivity index (χ0n) is 18.4. The number of ketones is 1. The molecule has 5 atom stereocenters. The van der Waals surface area contributed by atoms with Crippen LogP contribution in [0.25, 0.3) is 0 Å². The SMILES string of the molecule is C[C@@H](O)[C@H]1C(=O)N2C(C(=O)O)=C(S[C@H](CN)CC(=O)C(=O)Nc3cccc(C(=O)O)c3)[C@H](C)[C@H]12. The van der Waals surface area contributed by atoms with Gasteiger partial charge in [0.25, 0.3) is 5.91 Å². The number of carbonyl (C=O) groups is 5. The lowest BCUT2D eigenvalue weighted by Crippen LogP contribution is -2.63. The summed E-state index contributed by atoms with van der Waals surface area (Å²) in [5.41, 5.74) is 5.69. The lowest BCUT2D eigenvalue weighted by molar-refractivity contribution is -0.163. The Kier molecular flexibility index (Phi) is 7.44. The number of nitrogens with zero attached hydrogens (tertiary/aromatic N) is 1. The van der Waals surface area contributed by atoms with Crippen LogP contribution in [-0.2, 0) is 19.2 Å². The number of aliphatic hydroxyl groups is 1. The van der Waals surface area contributed by atoms with E-state index < -0.39 is 58.8 Å². The number of carboxylic acids is 2. The van der Waals surface area contributed by atoms with Crippen LogP contribution in [0, 0.1) is 11.8 Å². The summed E-state index contributed by atoms with van der Waals surface area (Å²) in [6, 6.07) is 4.92. The van der Waals surface area contributed by atoms with Gasteiger partial charge in [-0.3, -0.25) is 14.4 Å². The average molecular weight is 492 g/mol. The van der Waals surface area contributed by atoms with Crippen molar-refractivity contribution in [2.75, 3.05) is 11.9 Å². The molecule has 1 saturated heterocycles. The molecule has 6 N–H and O–H groups in total. The minimum Gasteiger partial charge on any atom is -0.478 e. The first-order valence-electron chi connectivity index (χ1n) is 10.5. The number of rotatable bonds is 10. The molecule has 0 saturated carbocycles. The zero-order valence-corrected chi connectivity index (χ0v) is 19.2. The molecule has 1 aromatic rings. The molecule has 12 heteroatoms. The molecule has 182 valence electrons. The Labute approximate surface area is 199 Å². The van der Waals surface area contributed by atoms with Gasteiger partial charge in [0.15, 0.2) is 0 Å². The van der Waals surface area contributed by atoms with E-state index in [1.54, 1.807) is 6.92 Å². The van der Waals surface area contributed by atoms with Crippen molar-refractivity contribution < 1.29 is 39.3 Å². The molecule has 0 radical (unpaired) electrons. The molecule has 0 bridgehead atoms. The predicted molar refractivity (Wildman–Crippen MR) is 122 cm³/mol. The number of Topliss-reactive ketones (excluding diaryl/α,β-unsaturated/α-hetero) is 1. The van der Waals surface area contributed by atoms with Gasteiger partial charge in [-0.15, -0.1) is 11.8 Å². The first-order chi connectivity index (χ1) is 16.0. The Morgan fingerprint density at radius 1 is 1.21 bits per heavy atom. The third-order valence-electron chi connectivity index (χ3n) is 5.90. The topological polar surface area (TPSA) is 187 Å². The second-order valence-electron chi connectivity index (χ2n) is 8.21. The largest absolute Gasteiger partial charge is 0.478 e. The molecule has 0 aliphatic carbocycles. The van der Waals surface area contributed by atoms with Gasteiger partial charge in [-0.05, 0) is 25.1 Å². The number of carbonyl (C=O) groups excluding carboxylic acids is 3. The van der Waals surface area contributed by atoms with E-state index >= 15 is 0 Å². The molecule has 1 fully saturated rings. The monoisotopic (exact) mass is 491 g/mol. The van der Waals surface area contributed by atoms with Gasteiger partial charge in [-0.25, -0.2) is 9.59 Å². The number of aromatic carboxylic acids is 1. The number of hydrogen-bond acceptors (Lipinski definition) is 8. The predicted octanol–water partition coefficient (Wildman–Crippen LogP) is 0.497. The van der Waals surface area contributed by atoms with Gasteiger partial charge in [-0.2, -0.15) is 0 Å². The highest BCUT2D eigenvalue weighted by Gasteiger charge is 2.60. The maximum Gasteiger partial charge on any atom is 0.353 e. The number of carboxylic acid groups (broad SMARTS) is 2. The summed E-state index contributed by atoms with van der Waals surface area (Å²) in [4.78, 5) is 61.8. The Morgan fingerprint density at radius 2 is 1.88 bits per heavy atom. The van der Waals surface area contributed by atoms with Gasteiger partial charge < -0.3 is 31.3 Å². The van der Waals surface area contributed by atoms with E-state index in [0.29, 0.717) is 4.91 Å². The number of β-lactam (4-membered cyclic amide) rings is 1. The summed E-state index contributed by atoms with van der Waals surface area (Å²) in [5, 5.41) is 30.4. The normalized spacial score (nSPS) is 23.1. The standard InChI is InChI=1S/C22H25N3O8S/c1-9-16-15(10(2)26)20(29)25(16)17(22(32)33)18(9)34-13(8-23)7-14(27)19(28)24-12-5-3-4-11(6-12)21(30)31/h3-6,9-10,13,15-16,26H,7-8,23H2,1-2H3,(H,24,28)(H,30,31)(H,32,33)/t9-,10-,13+,15-,16-/m1/s1. The molecule has 2 aliphatic heterocycles. The molecule has 2 aliphatic rings. The fraction of sp³-hybridized carbons (Fsp3) is 0.409. The van der Waals surface area contributed by atoms with E-state index in [9.17, 15) is 34.2 Å². The van der Waals surface area contributed by atoms with Crippen LogP contribution in [0.2, 0.25) is 0 Å². The maximum absolute atomic E-state index is 12.5. The lowest BCUT2D eigenvalue weighted by atomic mass is 9.79. The van der Waals surface area contributed by atoms with E-state index in [-0.39, 0.29) is 29.9 Å². The molecule has 2 amide bonds. The van der Waals surface area contributed by atoms with Crippen molar-refractivity contribution >= 4 is 47.0 Å². The van der Waals surface area contributed by atoms with Gasteiger partial charge in [0.2, 0.25) is 11.7 Å². The summed E-state index contributed by atoms with van der Waals surface area (Å²) in [6.07, 6.45) is -1.24. The minimum atomic E-state index is -1.30. The molecule has 11 nitrogen and oxygen atoms in total. The molecule has 2 heterocycles. The van der Waals surface area contributed by atoms with Crippen LogP contribution in [0.1, 0.15) is 30.6 Å². The van der Waals surface area contributed by atoms with E-state index in [0.717, 1.165) is 11.8 Å². The van der Waals surface area contributed by atoms with Crippen molar-refractivity contribution in [2.24, 2.45) is 17.6 Å². The molecule has 3 rings (SSSR count). The second-order valence-corrected chi connectivity index (χ2v) is 9.56. The minimum absolute atomic E-state index is 0.0419. The van der Waals surface area contributed by atoms with Crippen molar-refractivity contribution in [3.05, 3.63) is 40.4 Å².